The van der Waals surface area contributed by atoms with Gasteiger partial charge in [0.15, 0.2) is 0 Å². The number of nitrogens with two attached hydrogens (primary N) is 1. The number of carbonyl (C=O) groups excluding carboxylic acids is 2. The number of hydrogen-bond acceptors (Lipinski definition) is 6. The first kappa shape index (κ1) is 26.8. The molecule has 2 aromatic rings. The number of hydrogen-bond donors (Lipinski definition) is 3. The first-order valence-electron chi connectivity index (χ1n) is 12.3. The van der Waals surface area contributed by atoms with Gasteiger partial charge in [0.05, 0.1) is 6.10 Å². The molecule has 35 heavy (non-hydrogen) atoms. The molecule has 1 aromatic heterocycles. The van der Waals surface area contributed by atoms with Crippen molar-refractivity contribution in [2.45, 2.75) is 57.8 Å². The predicted octanol–water partition coefficient (Wildman–Crippen LogP) is 1.58. The smallest absolute Gasteiger partial charge is 0.239 e. The highest BCUT2D eigenvalue weighted by Gasteiger charge is 2.35. The Morgan fingerprint density at radius 3 is 2.49 bits per heavy atom. The number of aromatic nitrogens is 1. The van der Waals surface area contributed by atoms with Crippen LogP contribution >= 0.6 is 0 Å². The van der Waals surface area contributed by atoms with E-state index >= 15 is 0 Å². The Balaban J connectivity index is 1.66. The van der Waals surface area contributed by atoms with Gasteiger partial charge < -0.3 is 16.2 Å². The van der Waals surface area contributed by atoms with E-state index < -0.39 is 24.0 Å². The van der Waals surface area contributed by atoms with Crippen LogP contribution in [-0.4, -0.2) is 75.6 Å². The largest absolute Gasteiger partial charge is 0.392 e. The average molecular weight is 482 g/mol. The SMILES string of the molecule is CC(C)(C)NC(=O)C1CN(Cc2cccnc2)CCN1C[C@@H](O)C[C@@H](Cc1ccccc1)C(N)=O. The normalized spacial score (nSPS) is 19.1. The number of aliphatic hydroxyl groups excluding tert-OH is 1. The third kappa shape index (κ3) is 8.72. The lowest BCUT2D eigenvalue weighted by atomic mass is 9.92. The summed E-state index contributed by atoms with van der Waals surface area (Å²) in [6, 6.07) is 13.2. The maximum Gasteiger partial charge on any atom is 0.239 e. The summed E-state index contributed by atoms with van der Waals surface area (Å²) < 4.78 is 0. The highest BCUT2D eigenvalue weighted by atomic mass is 16.3. The third-order valence-corrected chi connectivity index (χ3v) is 6.23. The van der Waals surface area contributed by atoms with Gasteiger partial charge in [-0.2, -0.15) is 0 Å². The number of rotatable bonds is 10. The Morgan fingerprint density at radius 1 is 1.14 bits per heavy atom. The number of nitrogens with one attached hydrogen (secondary N) is 1. The number of carbonyl (C=O) groups is 2. The number of piperazine rings is 1. The number of pyridine rings is 1. The minimum atomic E-state index is -0.772. The van der Waals surface area contributed by atoms with Crippen molar-refractivity contribution in [3.05, 3.63) is 66.0 Å². The number of benzene rings is 1. The molecule has 1 aromatic carbocycles. The summed E-state index contributed by atoms with van der Waals surface area (Å²) in [7, 11) is 0. The van der Waals surface area contributed by atoms with Crippen molar-refractivity contribution in [1.82, 2.24) is 20.1 Å². The van der Waals surface area contributed by atoms with Crippen LogP contribution in [0.1, 0.15) is 38.3 Å². The number of nitrogens with zero attached hydrogens (tertiary/aromatic N) is 3. The first-order chi connectivity index (χ1) is 16.6. The van der Waals surface area contributed by atoms with Gasteiger partial charge in [-0.1, -0.05) is 36.4 Å². The molecule has 0 spiro atoms. The molecule has 1 fully saturated rings. The van der Waals surface area contributed by atoms with Gasteiger partial charge >= 0.3 is 0 Å². The number of aliphatic hydroxyl groups is 1. The quantitative estimate of drug-likeness (QED) is 0.475. The molecule has 8 nitrogen and oxygen atoms in total. The lowest BCUT2D eigenvalue weighted by Crippen LogP contribution is -2.61. The second-order valence-corrected chi connectivity index (χ2v) is 10.5. The van der Waals surface area contributed by atoms with Crippen molar-refractivity contribution in [2.75, 3.05) is 26.2 Å². The van der Waals surface area contributed by atoms with Crippen LogP contribution in [0, 0.1) is 5.92 Å². The molecule has 8 heteroatoms. The molecule has 3 rings (SSSR count). The molecule has 3 atom stereocenters. The Kier molecular flexibility index (Phi) is 9.37. The lowest BCUT2D eigenvalue weighted by Gasteiger charge is -2.42. The topological polar surface area (TPSA) is 112 Å². The number of primary amides is 1. The minimum Gasteiger partial charge on any atom is -0.392 e. The molecule has 4 N–H and O–H groups in total. The van der Waals surface area contributed by atoms with Gasteiger partial charge in [0, 0.05) is 56.6 Å². The molecule has 1 aliphatic rings. The number of β-amino-alcohol motifs (C(OH)–C–C–N with tert-alkyl or cyclic N) is 1. The Bertz CT molecular complexity index is 948. The molecular weight excluding hydrogens is 442 g/mol. The van der Waals surface area contributed by atoms with Crippen molar-refractivity contribution < 1.29 is 14.7 Å². The fourth-order valence-electron chi connectivity index (χ4n) is 4.56. The van der Waals surface area contributed by atoms with Gasteiger partial charge in [-0.25, -0.2) is 0 Å². The van der Waals surface area contributed by atoms with E-state index in [1.54, 1.807) is 6.20 Å². The predicted molar refractivity (Wildman–Crippen MR) is 136 cm³/mol. The van der Waals surface area contributed by atoms with Crippen molar-refractivity contribution in [3.63, 3.8) is 0 Å². The highest BCUT2D eigenvalue weighted by Crippen LogP contribution is 2.19. The first-order valence-corrected chi connectivity index (χ1v) is 12.3. The summed E-state index contributed by atoms with van der Waals surface area (Å²) >= 11 is 0. The van der Waals surface area contributed by atoms with Crippen LogP contribution in [0.5, 0.6) is 0 Å². The van der Waals surface area contributed by atoms with Crippen molar-refractivity contribution in [2.24, 2.45) is 11.7 Å². The zero-order chi connectivity index (χ0) is 25.4. The van der Waals surface area contributed by atoms with E-state index in [1.165, 1.54) is 0 Å². The summed E-state index contributed by atoms with van der Waals surface area (Å²) in [5.41, 5.74) is 7.41. The van der Waals surface area contributed by atoms with Crippen LogP contribution in [0.3, 0.4) is 0 Å². The van der Waals surface area contributed by atoms with Crippen LogP contribution in [-0.2, 0) is 22.6 Å². The summed E-state index contributed by atoms with van der Waals surface area (Å²) in [5.74, 6) is -0.950. The molecule has 0 saturated carbocycles. The summed E-state index contributed by atoms with van der Waals surface area (Å²) in [6.07, 6.45) is 3.57. The van der Waals surface area contributed by atoms with Crippen molar-refractivity contribution >= 4 is 11.8 Å². The summed E-state index contributed by atoms with van der Waals surface area (Å²) in [5, 5.41) is 14.0. The molecule has 1 unspecified atom stereocenters. The second kappa shape index (κ2) is 12.2. The van der Waals surface area contributed by atoms with Gasteiger partial charge in [-0.15, -0.1) is 0 Å². The molecule has 0 bridgehead atoms. The van der Waals surface area contributed by atoms with Gasteiger partial charge in [0.2, 0.25) is 11.8 Å². The van der Waals surface area contributed by atoms with Crippen LogP contribution in [0.15, 0.2) is 54.9 Å². The van der Waals surface area contributed by atoms with E-state index in [0.717, 1.165) is 17.7 Å². The van der Waals surface area contributed by atoms with Gasteiger partial charge in [-0.05, 0) is 50.8 Å². The molecule has 190 valence electrons. The van der Waals surface area contributed by atoms with Crippen LogP contribution in [0.25, 0.3) is 0 Å². The molecule has 0 aliphatic carbocycles. The standard InChI is InChI=1S/C27H39N5O3/c1-27(2,3)30-26(35)24-19-31(17-21-10-7-11-29-16-21)12-13-32(24)18-23(33)15-22(25(28)34)14-20-8-5-4-6-9-20/h4-11,16,22-24,33H,12-15,17-19H2,1-3H3,(H2,28,34)(H,30,35)/t22-,23+,24?/m1/s1. The van der Waals surface area contributed by atoms with Gasteiger partial charge in [0.1, 0.15) is 6.04 Å². The van der Waals surface area contributed by atoms with E-state index in [1.807, 2.05) is 74.3 Å². The maximum atomic E-state index is 13.2. The van der Waals surface area contributed by atoms with E-state index in [0.29, 0.717) is 32.6 Å². The average Bonchev–Trinajstić information content (AvgIpc) is 2.80. The molecule has 1 aliphatic heterocycles. The van der Waals surface area contributed by atoms with E-state index in [9.17, 15) is 14.7 Å². The zero-order valence-corrected chi connectivity index (χ0v) is 21.1. The molecule has 2 amide bonds. The van der Waals surface area contributed by atoms with E-state index in [2.05, 4.69) is 15.2 Å². The fourth-order valence-corrected chi connectivity index (χ4v) is 4.56. The molecule has 2 heterocycles. The Hall–Kier alpha value is -2.81. The number of amides is 2. The Morgan fingerprint density at radius 2 is 1.86 bits per heavy atom. The highest BCUT2D eigenvalue weighted by molar-refractivity contribution is 5.82. The van der Waals surface area contributed by atoms with Crippen molar-refractivity contribution in [1.29, 1.82) is 0 Å². The zero-order valence-electron chi connectivity index (χ0n) is 21.1. The minimum absolute atomic E-state index is 0.0590. The lowest BCUT2D eigenvalue weighted by molar-refractivity contribution is -0.132. The molecule has 1 saturated heterocycles. The van der Waals surface area contributed by atoms with Crippen molar-refractivity contribution in [3.8, 4) is 0 Å². The monoisotopic (exact) mass is 481 g/mol. The summed E-state index contributed by atoms with van der Waals surface area (Å²) in [4.78, 5) is 33.8. The molecular formula is C27H39N5O3. The molecule has 0 radical (unpaired) electrons. The maximum absolute atomic E-state index is 13.2. The van der Waals surface area contributed by atoms with E-state index in [-0.39, 0.29) is 17.9 Å². The van der Waals surface area contributed by atoms with Crippen LogP contribution in [0.2, 0.25) is 0 Å². The Labute approximate surface area is 208 Å². The van der Waals surface area contributed by atoms with Gasteiger partial charge in [0.25, 0.3) is 0 Å². The second-order valence-electron chi connectivity index (χ2n) is 10.5. The fraction of sp³-hybridized carbons (Fsp3) is 0.519. The summed E-state index contributed by atoms with van der Waals surface area (Å²) in [6.45, 7) is 8.85. The van der Waals surface area contributed by atoms with Crippen LogP contribution in [0.4, 0.5) is 0 Å². The van der Waals surface area contributed by atoms with Gasteiger partial charge in [-0.3, -0.25) is 24.4 Å². The van der Waals surface area contributed by atoms with E-state index in [4.69, 9.17) is 5.73 Å². The third-order valence-electron chi connectivity index (χ3n) is 6.23. The van der Waals surface area contributed by atoms with Crippen LogP contribution < -0.4 is 11.1 Å².